The topological polar surface area (TPSA) is 89.1 Å². The molecular weight excluding hydrogens is 452 g/mol. The third-order valence-corrected chi connectivity index (χ3v) is 6.27. The molecule has 1 amide bonds. The second kappa shape index (κ2) is 8.74. The first kappa shape index (κ1) is 22.4. The molecule has 1 fully saturated rings. The zero-order valence-electron chi connectivity index (χ0n) is 19.2. The number of amides is 1. The van der Waals surface area contributed by atoms with Gasteiger partial charge < -0.3 is 19.8 Å². The molecular formula is C26H25ClN4O3. The van der Waals surface area contributed by atoms with Crippen molar-refractivity contribution in [2.45, 2.75) is 32.2 Å². The molecule has 1 saturated heterocycles. The lowest BCUT2D eigenvalue weighted by Gasteiger charge is -2.26. The second-order valence-electron chi connectivity index (χ2n) is 9.02. The average Bonchev–Trinajstić information content (AvgIpc) is 3.13. The highest BCUT2D eigenvalue weighted by molar-refractivity contribution is 6.33. The number of benzene rings is 2. The number of pyridine rings is 1. The van der Waals surface area contributed by atoms with E-state index in [0.717, 1.165) is 24.3 Å². The minimum atomic E-state index is -0.481. The van der Waals surface area contributed by atoms with Crippen LogP contribution in [0.25, 0.3) is 22.4 Å². The van der Waals surface area contributed by atoms with Crippen LogP contribution in [-0.4, -0.2) is 34.1 Å². The Hall–Kier alpha value is -3.42. The van der Waals surface area contributed by atoms with Gasteiger partial charge >= 0.3 is 6.01 Å². The average molecular weight is 477 g/mol. The maximum atomic E-state index is 11.5. The fourth-order valence-electron chi connectivity index (χ4n) is 4.05. The van der Waals surface area contributed by atoms with E-state index in [1.807, 2.05) is 56.3 Å². The Balaban J connectivity index is 1.36. The lowest BCUT2D eigenvalue weighted by molar-refractivity contribution is -0.120. The number of nitrogens with one attached hydrogen (secondary N) is 2. The number of aromatic amines is 1. The van der Waals surface area contributed by atoms with Crippen molar-refractivity contribution in [1.29, 1.82) is 0 Å². The van der Waals surface area contributed by atoms with Gasteiger partial charge in [-0.05, 0) is 43.2 Å². The van der Waals surface area contributed by atoms with Gasteiger partial charge in [0.2, 0.25) is 5.91 Å². The van der Waals surface area contributed by atoms with Crippen LogP contribution in [0.3, 0.4) is 0 Å². The van der Waals surface area contributed by atoms with E-state index in [4.69, 9.17) is 21.1 Å². The van der Waals surface area contributed by atoms with Gasteiger partial charge in [0.1, 0.15) is 5.75 Å². The lowest BCUT2D eigenvalue weighted by atomic mass is 9.94. The number of halogens is 1. The van der Waals surface area contributed by atoms with E-state index in [1.165, 1.54) is 12.5 Å². The van der Waals surface area contributed by atoms with Gasteiger partial charge in [-0.15, -0.1) is 0 Å². The lowest BCUT2D eigenvalue weighted by Crippen LogP contribution is -2.39. The Bertz CT molecular complexity index is 1340. The molecule has 0 unspecified atom stereocenters. The zero-order valence-corrected chi connectivity index (χ0v) is 19.9. The summed E-state index contributed by atoms with van der Waals surface area (Å²) in [5.74, 6) is 1.00. The van der Waals surface area contributed by atoms with E-state index >= 15 is 0 Å². The molecule has 1 aliphatic rings. The maximum absolute atomic E-state index is 11.5. The van der Waals surface area contributed by atoms with Gasteiger partial charge in [-0.1, -0.05) is 48.0 Å². The van der Waals surface area contributed by atoms with Crippen molar-refractivity contribution >= 4 is 28.7 Å². The molecule has 2 N–H and O–H groups in total. The van der Waals surface area contributed by atoms with Crippen molar-refractivity contribution in [3.8, 4) is 23.0 Å². The van der Waals surface area contributed by atoms with Crippen molar-refractivity contribution in [1.82, 2.24) is 20.3 Å². The normalized spacial score (nSPS) is 14.1. The van der Waals surface area contributed by atoms with E-state index in [9.17, 15) is 4.79 Å². The SMILES string of the molecule is CC(=O)NC(C)(C)c1ccc(Oc2nc3nc(-c4ccc(C5COC5)cc4)c(Cl)cc3[nH]2)cc1. The molecule has 5 rings (SSSR count). The number of hydrogen-bond acceptors (Lipinski definition) is 5. The smallest absolute Gasteiger partial charge is 0.301 e. The van der Waals surface area contributed by atoms with Crippen LogP contribution < -0.4 is 10.1 Å². The van der Waals surface area contributed by atoms with Crippen LogP contribution in [0, 0.1) is 0 Å². The van der Waals surface area contributed by atoms with Crippen LogP contribution in [0.1, 0.15) is 37.8 Å². The number of carbonyl (C=O) groups excluding carboxylic acids is 1. The molecule has 1 aliphatic heterocycles. The number of hydrogen-bond donors (Lipinski definition) is 2. The third kappa shape index (κ3) is 4.49. The monoisotopic (exact) mass is 476 g/mol. The highest BCUT2D eigenvalue weighted by Gasteiger charge is 2.22. The Kier molecular flexibility index (Phi) is 5.75. The van der Waals surface area contributed by atoms with Gasteiger partial charge in [0, 0.05) is 18.4 Å². The summed E-state index contributed by atoms with van der Waals surface area (Å²) in [5, 5.41) is 3.47. The number of nitrogens with zero attached hydrogens (tertiary/aromatic N) is 2. The molecule has 0 spiro atoms. The predicted molar refractivity (Wildman–Crippen MR) is 131 cm³/mol. The van der Waals surface area contributed by atoms with Crippen LogP contribution >= 0.6 is 11.6 Å². The Morgan fingerprint density at radius 1 is 1.12 bits per heavy atom. The van der Waals surface area contributed by atoms with E-state index in [2.05, 4.69) is 32.4 Å². The van der Waals surface area contributed by atoms with Gasteiger partial charge in [0.15, 0.2) is 5.65 Å². The minimum absolute atomic E-state index is 0.0814. The number of ether oxygens (including phenoxy) is 2. The van der Waals surface area contributed by atoms with Crippen LogP contribution in [0.5, 0.6) is 11.8 Å². The van der Waals surface area contributed by atoms with Crippen LogP contribution in [0.2, 0.25) is 5.02 Å². The van der Waals surface area contributed by atoms with E-state index in [-0.39, 0.29) is 5.91 Å². The van der Waals surface area contributed by atoms with Crippen molar-refractivity contribution in [2.75, 3.05) is 13.2 Å². The van der Waals surface area contributed by atoms with E-state index in [0.29, 0.717) is 39.6 Å². The molecule has 2 aromatic heterocycles. The third-order valence-electron chi connectivity index (χ3n) is 5.98. The molecule has 0 radical (unpaired) electrons. The Labute approximate surface area is 202 Å². The molecule has 7 nitrogen and oxygen atoms in total. The summed E-state index contributed by atoms with van der Waals surface area (Å²) in [4.78, 5) is 23.7. The van der Waals surface area contributed by atoms with Crippen LogP contribution in [0.4, 0.5) is 0 Å². The quantitative estimate of drug-likeness (QED) is 0.380. The fourth-order valence-corrected chi connectivity index (χ4v) is 4.31. The number of fused-ring (bicyclic) bond motifs is 1. The summed E-state index contributed by atoms with van der Waals surface area (Å²) in [5.41, 5.74) is 4.56. The highest BCUT2D eigenvalue weighted by Crippen LogP contribution is 2.32. The first-order valence-electron chi connectivity index (χ1n) is 11.1. The number of aromatic nitrogens is 3. The highest BCUT2D eigenvalue weighted by atomic mass is 35.5. The Morgan fingerprint density at radius 2 is 1.82 bits per heavy atom. The van der Waals surface area contributed by atoms with Gasteiger partial charge in [0.05, 0.1) is 35.0 Å². The maximum Gasteiger partial charge on any atom is 0.301 e. The van der Waals surface area contributed by atoms with Crippen LogP contribution in [-0.2, 0) is 15.1 Å². The molecule has 4 aromatic rings. The largest absolute Gasteiger partial charge is 0.426 e. The van der Waals surface area contributed by atoms with E-state index < -0.39 is 5.54 Å². The molecule has 34 heavy (non-hydrogen) atoms. The van der Waals surface area contributed by atoms with Gasteiger partial charge in [-0.25, -0.2) is 4.98 Å². The summed E-state index contributed by atoms with van der Waals surface area (Å²) >= 11 is 6.54. The van der Waals surface area contributed by atoms with E-state index in [1.54, 1.807) is 0 Å². The summed E-state index contributed by atoms with van der Waals surface area (Å²) in [7, 11) is 0. The first-order valence-corrected chi connectivity index (χ1v) is 11.5. The number of carbonyl (C=O) groups is 1. The van der Waals surface area contributed by atoms with Gasteiger partial charge in [-0.3, -0.25) is 4.79 Å². The fraction of sp³-hybridized carbons (Fsp3) is 0.269. The minimum Gasteiger partial charge on any atom is -0.426 e. The van der Waals surface area contributed by atoms with Gasteiger partial charge in [-0.2, -0.15) is 4.98 Å². The Morgan fingerprint density at radius 3 is 2.44 bits per heavy atom. The molecule has 0 saturated carbocycles. The number of imidazole rings is 1. The predicted octanol–water partition coefficient (Wildman–Crippen LogP) is 5.56. The summed E-state index contributed by atoms with van der Waals surface area (Å²) in [6, 6.07) is 17.9. The molecule has 3 heterocycles. The molecule has 2 aromatic carbocycles. The zero-order chi connectivity index (χ0) is 23.9. The first-order chi connectivity index (χ1) is 16.3. The second-order valence-corrected chi connectivity index (χ2v) is 9.43. The van der Waals surface area contributed by atoms with Crippen molar-refractivity contribution in [2.24, 2.45) is 0 Å². The molecule has 8 heteroatoms. The molecule has 0 atom stereocenters. The summed E-state index contributed by atoms with van der Waals surface area (Å²) in [6.45, 7) is 6.95. The summed E-state index contributed by atoms with van der Waals surface area (Å²) in [6.07, 6.45) is 0. The standard InChI is InChI=1S/C26H25ClN4O3/c1-15(32)31-26(2,3)19-8-10-20(11-9-19)34-25-28-22-12-21(27)23(29-24(22)30-25)17-6-4-16(5-7-17)18-13-33-14-18/h4-12,18H,13-14H2,1-3H3,(H,31,32)(H,28,29,30). The molecule has 174 valence electrons. The molecule has 0 aliphatic carbocycles. The number of rotatable bonds is 6. The van der Waals surface area contributed by atoms with Crippen molar-refractivity contribution in [3.63, 3.8) is 0 Å². The summed E-state index contributed by atoms with van der Waals surface area (Å²) < 4.78 is 11.2. The number of H-pyrrole nitrogens is 1. The van der Waals surface area contributed by atoms with Crippen LogP contribution in [0.15, 0.2) is 54.6 Å². The molecule has 0 bridgehead atoms. The van der Waals surface area contributed by atoms with Crippen molar-refractivity contribution < 1.29 is 14.3 Å². The van der Waals surface area contributed by atoms with Crippen molar-refractivity contribution in [3.05, 3.63) is 70.7 Å². The van der Waals surface area contributed by atoms with Gasteiger partial charge in [0.25, 0.3) is 0 Å².